The van der Waals surface area contributed by atoms with E-state index < -0.39 is 30.4 Å². The van der Waals surface area contributed by atoms with Crippen molar-refractivity contribution in [2.24, 2.45) is 5.73 Å². The van der Waals surface area contributed by atoms with Gasteiger partial charge in [-0.05, 0) is 31.0 Å². The van der Waals surface area contributed by atoms with Gasteiger partial charge in [-0.2, -0.15) is 0 Å². The summed E-state index contributed by atoms with van der Waals surface area (Å²) in [5, 5.41) is 23.6. The van der Waals surface area contributed by atoms with E-state index in [0.717, 1.165) is 13.1 Å². The molecule has 5 N–H and O–H groups in total. The summed E-state index contributed by atoms with van der Waals surface area (Å²) in [6.45, 7) is 3.37. The number of piperazine rings is 1. The first kappa shape index (κ1) is 27.6. The Balaban J connectivity index is 1.12. The fraction of sp³-hybridized carbons (Fsp3) is 0.500. The summed E-state index contributed by atoms with van der Waals surface area (Å²) in [5.41, 5.74) is 7.26. The highest BCUT2D eigenvalue weighted by Crippen LogP contribution is 2.32. The lowest BCUT2D eigenvalue weighted by Crippen LogP contribution is -2.50. The number of hydrogen-bond donors (Lipinski definition) is 4. The van der Waals surface area contributed by atoms with Gasteiger partial charge < -0.3 is 35.6 Å². The Hall–Kier alpha value is -3.56. The van der Waals surface area contributed by atoms with Crippen molar-refractivity contribution in [1.29, 1.82) is 0 Å². The van der Waals surface area contributed by atoms with Gasteiger partial charge in [0, 0.05) is 49.4 Å². The van der Waals surface area contributed by atoms with Crippen LogP contribution in [0.4, 0.5) is 5.82 Å². The van der Waals surface area contributed by atoms with Gasteiger partial charge in [-0.1, -0.05) is 11.6 Å². The molecule has 0 spiro atoms. The number of amides is 1. The predicted octanol–water partition coefficient (Wildman–Crippen LogP) is 0.447. The van der Waals surface area contributed by atoms with Crippen LogP contribution in [0.2, 0.25) is 5.02 Å². The minimum atomic E-state index is -1.37. The average molecular weight is 587 g/mol. The number of carboxylic acid groups (broad SMARTS) is 1. The first-order valence-electron chi connectivity index (χ1n) is 13.5. The van der Waals surface area contributed by atoms with Gasteiger partial charge in [0.05, 0.1) is 12.4 Å². The molecule has 2 aliphatic heterocycles. The summed E-state index contributed by atoms with van der Waals surface area (Å²) < 4.78 is 12.9. The van der Waals surface area contributed by atoms with Crippen molar-refractivity contribution in [1.82, 2.24) is 29.3 Å². The van der Waals surface area contributed by atoms with Gasteiger partial charge in [-0.25, -0.2) is 19.7 Å². The number of ether oxygens (including phenoxy) is 2. The number of aromatic nitrogens is 4. The first-order valence-corrected chi connectivity index (χ1v) is 13.8. The molecular weight excluding hydrogens is 556 g/mol. The van der Waals surface area contributed by atoms with Crippen molar-refractivity contribution in [3.63, 3.8) is 0 Å². The minimum Gasteiger partial charge on any atom is -0.483 e. The summed E-state index contributed by atoms with van der Waals surface area (Å²) in [5.74, 6) is -0.425. The van der Waals surface area contributed by atoms with Crippen LogP contribution in [0.5, 0.6) is 5.75 Å². The summed E-state index contributed by atoms with van der Waals surface area (Å²) in [7, 11) is 0. The van der Waals surface area contributed by atoms with Gasteiger partial charge in [0.25, 0.3) is 5.91 Å². The van der Waals surface area contributed by atoms with Gasteiger partial charge in [-0.3, -0.25) is 14.3 Å². The summed E-state index contributed by atoms with van der Waals surface area (Å²) >= 11 is 6.26. The number of imidazole rings is 1. The first-order chi connectivity index (χ1) is 19.8. The number of hydrogen-bond acceptors (Lipinski definition) is 11. The monoisotopic (exact) mass is 586 g/mol. The number of carboxylic acids is 1. The van der Waals surface area contributed by atoms with Crippen molar-refractivity contribution in [2.45, 2.75) is 49.9 Å². The number of anilines is 1. The smallest absolute Gasteiger partial charge is 0.334 e. The van der Waals surface area contributed by atoms with E-state index in [-0.39, 0.29) is 19.1 Å². The maximum absolute atomic E-state index is 12.8. The fourth-order valence-electron chi connectivity index (χ4n) is 5.32. The lowest BCUT2D eigenvalue weighted by molar-refractivity contribution is -0.152. The van der Waals surface area contributed by atoms with Crippen LogP contribution in [0, 0.1) is 0 Å². The van der Waals surface area contributed by atoms with Crippen LogP contribution in [0.15, 0.2) is 30.9 Å². The van der Waals surface area contributed by atoms with Crippen molar-refractivity contribution < 1.29 is 29.3 Å². The summed E-state index contributed by atoms with van der Waals surface area (Å²) in [6, 6.07) is 4.75. The van der Waals surface area contributed by atoms with Gasteiger partial charge >= 0.3 is 5.97 Å². The van der Waals surface area contributed by atoms with E-state index in [1.54, 1.807) is 18.2 Å². The number of carbonyl (C=O) groups is 2. The predicted molar refractivity (Wildman–Crippen MR) is 146 cm³/mol. The summed E-state index contributed by atoms with van der Waals surface area (Å²) in [6.07, 6.45) is 1.48. The lowest BCUT2D eigenvalue weighted by atomic mass is 10.1. The molecule has 4 atom stereocenters. The maximum Gasteiger partial charge on any atom is 0.334 e. The Morgan fingerprint density at radius 1 is 1.17 bits per heavy atom. The Bertz CT molecular complexity index is 1440. The number of aliphatic carboxylic acids is 1. The number of rotatable bonds is 9. The van der Waals surface area contributed by atoms with E-state index in [4.69, 9.17) is 26.8 Å². The molecular formula is C26H31ClN8O6. The highest BCUT2D eigenvalue weighted by molar-refractivity contribution is 6.30. The normalized spacial score (nSPS) is 25.0. The molecule has 218 valence electrons. The molecule has 3 aliphatic rings. The molecule has 2 saturated heterocycles. The molecule has 14 nitrogen and oxygen atoms in total. The van der Waals surface area contributed by atoms with Gasteiger partial charge in [0.1, 0.15) is 18.2 Å². The van der Waals surface area contributed by atoms with Crippen molar-refractivity contribution in [3.8, 4) is 5.75 Å². The zero-order valence-corrected chi connectivity index (χ0v) is 22.9. The molecule has 41 heavy (non-hydrogen) atoms. The van der Waals surface area contributed by atoms with Gasteiger partial charge in [-0.15, -0.1) is 0 Å². The number of aliphatic hydroxyl groups is 1. The van der Waals surface area contributed by atoms with Crippen molar-refractivity contribution in [2.75, 3.05) is 38.1 Å². The SMILES string of the molecule is NC1C(C(=O)O)OC(n2cnc3c(NCc4cc(Cl)ccc4OCC(=O)N4CCN(C5CC5)CC4)ncnc32)C1O. The molecule has 15 heteroatoms. The molecule has 0 bridgehead atoms. The summed E-state index contributed by atoms with van der Waals surface area (Å²) in [4.78, 5) is 41.5. The zero-order valence-electron chi connectivity index (χ0n) is 22.1. The molecule has 1 aliphatic carbocycles. The Morgan fingerprint density at radius 3 is 2.66 bits per heavy atom. The standard InChI is InChI=1S/C26H31ClN8O6/c27-15-1-4-17(40-11-18(36)34-7-5-33(6-8-34)16-2-3-16)14(9-15)10-29-23-20-24(31-12-30-23)35(13-32-20)25-21(37)19(28)22(41-25)26(38)39/h1,4,9,12-13,16,19,21-22,25,37H,2-3,5-8,10-11,28H2,(H,38,39)(H,29,30,31). The highest BCUT2D eigenvalue weighted by atomic mass is 35.5. The number of fused-ring (bicyclic) bond motifs is 1. The molecule has 3 fully saturated rings. The maximum atomic E-state index is 12.8. The number of nitrogens with one attached hydrogen (secondary N) is 1. The number of nitrogens with zero attached hydrogens (tertiary/aromatic N) is 6. The Kier molecular flexibility index (Phi) is 7.66. The highest BCUT2D eigenvalue weighted by Gasteiger charge is 2.46. The molecule has 1 saturated carbocycles. The molecule has 0 radical (unpaired) electrons. The van der Waals surface area contributed by atoms with Crippen molar-refractivity contribution >= 4 is 40.5 Å². The van der Waals surface area contributed by atoms with E-state index in [1.165, 1.54) is 30.1 Å². The lowest BCUT2D eigenvalue weighted by Gasteiger charge is -2.34. The second-order valence-corrected chi connectivity index (χ2v) is 10.9. The minimum absolute atomic E-state index is 0.0569. The van der Waals surface area contributed by atoms with Crippen LogP contribution in [0.1, 0.15) is 24.6 Å². The van der Waals surface area contributed by atoms with Crippen LogP contribution in [0.3, 0.4) is 0 Å². The molecule has 1 aromatic carbocycles. The van der Waals surface area contributed by atoms with Crippen LogP contribution < -0.4 is 15.8 Å². The number of aliphatic hydroxyl groups excluding tert-OH is 1. The number of halogens is 1. The third-order valence-corrected chi connectivity index (χ3v) is 7.98. The fourth-order valence-corrected chi connectivity index (χ4v) is 5.52. The van der Waals surface area contributed by atoms with E-state index in [1.807, 2.05) is 4.90 Å². The van der Waals surface area contributed by atoms with Crippen LogP contribution >= 0.6 is 11.6 Å². The third kappa shape index (κ3) is 5.65. The van der Waals surface area contributed by atoms with E-state index in [2.05, 4.69) is 25.2 Å². The third-order valence-electron chi connectivity index (χ3n) is 7.75. The molecule has 2 aromatic heterocycles. The number of nitrogens with two attached hydrogens (primary N) is 1. The quantitative estimate of drug-likeness (QED) is 0.272. The van der Waals surface area contributed by atoms with E-state index in [0.29, 0.717) is 52.4 Å². The van der Waals surface area contributed by atoms with E-state index in [9.17, 15) is 19.8 Å². The molecule has 6 rings (SSSR count). The van der Waals surface area contributed by atoms with Gasteiger partial charge in [0.15, 0.2) is 35.9 Å². The van der Waals surface area contributed by atoms with Crippen molar-refractivity contribution in [3.05, 3.63) is 41.4 Å². The largest absolute Gasteiger partial charge is 0.483 e. The van der Waals surface area contributed by atoms with Crippen LogP contribution in [-0.4, -0.2) is 108 Å². The van der Waals surface area contributed by atoms with E-state index >= 15 is 0 Å². The van der Waals surface area contributed by atoms with Crippen LogP contribution in [-0.2, 0) is 20.9 Å². The Morgan fingerprint density at radius 2 is 1.95 bits per heavy atom. The molecule has 4 heterocycles. The van der Waals surface area contributed by atoms with Gasteiger partial charge in [0.2, 0.25) is 0 Å². The van der Waals surface area contributed by atoms with Crippen LogP contribution in [0.25, 0.3) is 11.2 Å². The second-order valence-electron chi connectivity index (χ2n) is 10.4. The second kappa shape index (κ2) is 11.4. The number of carbonyl (C=O) groups excluding carboxylic acids is 1. The molecule has 1 amide bonds. The zero-order chi connectivity index (χ0) is 28.7. The average Bonchev–Trinajstić information content (AvgIpc) is 3.67. The number of benzene rings is 1. The molecule has 3 aromatic rings. The molecule has 4 unspecified atom stereocenters. The topological polar surface area (TPSA) is 181 Å². The Labute approximate surface area is 240 Å².